The largest absolute Gasteiger partial charge is 0.383 e. The van der Waals surface area contributed by atoms with Gasteiger partial charge in [-0.25, -0.2) is 4.98 Å². The van der Waals surface area contributed by atoms with E-state index in [2.05, 4.69) is 10.1 Å². The van der Waals surface area contributed by atoms with Crippen LogP contribution in [0.5, 0.6) is 0 Å². The van der Waals surface area contributed by atoms with Crippen LogP contribution in [0.25, 0.3) is 5.69 Å². The molecule has 0 aliphatic carbocycles. The van der Waals surface area contributed by atoms with Gasteiger partial charge in [0, 0.05) is 29.7 Å². The van der Waals surface area contributed by atoms with E-state index in [1.54, 1.807) is 37.6 Å². The Morgan fingerprint density at radius 1 is 1.25 bits per heavy atom. The van der Waals surface area contributed by atoms with Crippen LogP contribution in [0.15, 0.2) is 49.1 Å². The molecule has 20 heavy (non-hydrogen) atoms. The maximum atomic E-state index is 12.3. The summed E-state index contributed by atoms with van der Waals surface area (Å²) in [4.78, 5) is 16.3. The SMILES string of the molecule is Cc1cc(N)n(C(=O)c2ccc(-n3ccnc3)cc2)n1. The molecular formula is C14H13N5O. The fraction of sp³-hybridized carbons (Fsp3) is 0.0714. The number of hydrogen-bond donors (Lipinski definition) is 1. The smallest absolute Gasteiger partial charge is 0.280 e. The number of aromatic nitrogens is 4. The highest BCUT2D eigenvalue weighted by Crippen LogP contribution is 2.13. The fourth-order valence-electron chi connectivity index (χ4n) is 1.99. The van der Waals surface area contributed by atoms with Gasteiger partial charge in [0.2, 0.25) is 0 Å². The summed E-state index contributed by atoms with van der Waals surface area (Å²) in [6.07, 6.45) is 5.24. The van der Waals surface area contributed by atoms with Crippen molar-refractivity contribution in [2.24, 2.45) is 0 Å². The molecule has 100 valence electrons. The van der Waals surface area contributed by atoms with Crippen molar-refractivity contribution in [3.8, 4) is 5.69 Å². The van der Waals surface area contributed by atoms with Crippen molar-refractivity contribution in [2.75, 3.05) is 5.73 Å². The van der Waals surface area contributed by atoms with E-state index in [-0.39, 0.29) is 5.91 Å². The van der Waals surface area contributed by atoms with Crippen LogP contribution in [0.2, 0.25) is 0 Å². The topological polar surface area (TPSA) is 78.7 Å². The van der Waals surface area contributed by atoms with Crippen molar-refractivity contribution >= 4 is 11.7 Å². The van der Waals surface area contributed by atoms with Gasteiger partial charge in [0.1, 0.15) is 5.82 Å². The Labute approximate surface area is 115 Å². The first-order chi connectivity index (χ1) is 9.65. The Balaban J connectivity index is 1.91. The third kappa shape index (κ3) is 2.07. The van der Waals surface area contributed by atoms with E-state index in [0.29, 0.717) is 17.1 Å². The highest BCUT2D eigenvalue weighted by atomic mass is 16.2. The van der Waals surface area contributed by atoms with Crippen molar-refractivity contribution in [1.82, 2.24) is 19.3 Å². The van der Waals surface area contributed by atoms with Crippen LogP contribution in [0.3, 0.4) is 0 Å². The number of rotatable bonds is 2. The molecule has 2 N–H and O–H groups in total. The second kappa shape index (κ2) is 4.65. The first kappa shape index (κ1) is 12.2. The summed E-state index contributed by atoms with van der Waals surface area (Å²) >= 11 is 0. The number of aryl methyl sites for hydroxylation is 1. The van der Waals surface area contributed by atoms with Crippen LogP contribution in [-0.4, -0.2) is 25.2 Å². The minimum Gasteiger partial charge on any atom is -0.383 e. The standard InChI is InChI=1S/C14H13N5O/c1-10-8-13(15)19(17-10)14(20)11-2-4-12(5-3-11)18-7-6-16-9-18/h2-9H,15H2,1H3. The molecular weight excluding hydrogens is 254 g/mol. The van der Waals surface area contributed by atoms with Gasteiger partial charge < -0.3 is 10.3 Å². The van der Waals surface area contributed by atoms with Gasteiger partial charge >= 0.3 is 0 Å². The normalized spacial score (nSPS) is 10.7. The molecule has 1 aromatic carbocycles. The molecule has 6 heteroatoms. The van der Waals surface area contributed by atoms with E-state index in [1.165, 1.54) is 4.68 Å². The van der Waals surface area contributed by atoms with Gasteiger partial charge in [0.05, 0.1) is 12.0 Å². The maximum Gasteiger partial charge on any atom is 0.280 e. The summed E-state index contributed by atoms with van der Waals surface area (Å²) in [6.45, 7) is 1.79. The lowest BCUT2D eigenvalue weighted by Crippen LogP contribution is -2.16. The number of nitrogens with two attached hydrogens (primary N) is 1. The van der Waals surface area contributed by atoms with Crippen LogP contribution >= 0.6 is 0 Å². The zero-order chi connectivity index (χ0) is 14.1. The molecule has 0 spiro atoms. The molecule has 2 heterocycles. The summed E-state index contributed by atoms with van der Waals surface area (Å²) in [5, 5.41) is 4.09. The molecule has 3 aromatic rings. The van der Waals surface area contributed by atoms with E-state index < -0.39 is 0 Å². The number of nitrogen functional groups attached to an aromatic ring is 1. The van der Waals surface area contributed by atoms with Crippen molar-refractivity contribution in [3.05, 3.63) is 60.3 Å². The molecule has 2 aromatic heterocycles. The number of benzene rings is 1. The second-order valence-electron chi connectivity index (χ2n) is 4.44. The Morgan fingerprint density at radius 3 is 2.55 bits per heavy atom. The highest BCUT2D eigenvalue weighted by Gasteiger charge is 2.13. The van der Waals surface area contributed by atoms with Crippen LogP contribution in [-0.2, 0) is 0 Å². The number of imidazole rings is 1. The summed E-state index contributed by atoms with van der Waals surface area (Å²) < 4.78 is 3.07. The number of carbonyl (C=O) groups is 1. The lowest BCUT2D eigenvalue weighted by atomic mass is 10.2. The number of nitrogens with zero attached hydrogens (tertiary/aromatic N) is 4. The van der Waals surface area contributed by atoms with Crippen molar-refractivity contribution in [2.45, 2.75) is 6.92 Å². The molecule has 0 fully saturated rings. The summed E-state index contributed by atoms with van der Waals surface area (Å²) in [7, 11) is 0. The molecule has 0 unspecified atom stereocenters. The summed E-state index contributed by atoms with van der Waals surface area (Å²) in [5.74, 6) is 0.0963. The average molecular weight is 267 g/mol. The summed E-state index contributed by atoms with van der Waals surface area (Å²) in [5.41, 5.74) is 7.93. The lowest BCUT2D eigenvalue weighted by Gasteiger charge is -2.05. The van der Waals surface area contributed by atoms with E-state index in [1.807, 2.05) is 22.9 Å². The molecule has 0 radical (unpaired) electrons. The van der Waals surface area contributed by atoms with Gasteiger partial charge in [0.15, 0.2) is 0 Å². The Kier molecular flexibility index (Phi) is 2.83. The zero-order valence-corrected chi connectivity index (χ0v) is 10.9. The number of carbonyl (C=O) groups excluding carboxylic acids is 1. The van der Waals surface area contributed by atoms with Crippen LogP contribution in [0, 0.1) is 6.92 Å². The molecule has 0 amide bonds. The third-order valence-electron chi connectivity index (χ3n) is 2.97. The fourth-order valence-corrected chi connectivity index (χ4v) is 1.99. The first-order valence-corrected chi connectivity index (χ1v) is 6.10. The lowest BCUT2D eigenvalue weighted by molar-refractivity contribution is 0.0947. The molecule has 0 saturated heterocycles. The van der Waals surface area contributed by atoms with Gasteiger partial charge in [-0.05, 0) is 31.2 Å². The Morgan fingerprint density at radius 2 is 2.00 bits per heavy atom. The minimum atomic E-state index is -0.243. The Hall–Kier alpha value is -2.89. The molecule has 3 rings (SSSR count). The quantitative estimate of drug-likeness (QED) is 0.765. The minimum absolute atomic E-state index is 0.243. The average Bonchev–Trinajstić information content (AvgIpc) is 3.08. The third-order valence-corrected chi connectivity index (χ3v) is 2.97. The van der Waals surface area contributed by atoms with Gasteiger partial charge in [-0.3, -0.25) is 4.79 Å². The van der Waals surface area contributed by atoms with Crippen molar-refractivity contribution in [1.29, 1.82) is 0 Å². The van der Waals surface area contributed by atoms with Crippen LogP contribution < -0.4 is 5.73 Å². The summed E-state index contributed by atoms with van der Waals surface area (Å²) in [6, 6.07) is 8.85. The molecule has 6 nitrogen and oxygen atoms in total. The number of hydrogen-bond acceptors (Lipinski definition) is 4. The maximum absolute atomic E-state index is 12.3. The molecule has 0 aliphatic heterocycles. The van der Waals surface area contributed by atoms with Gasteiger partial charge in [0.25, 0.3) is 5.91 Å². The highest BCUT2D eigenvalue weighted by molar-refractivity contribution is 5.97. The zero-order valence-electron chi connectivity index (χ0n) is 10.9. The molecule has 0 saturated carbocycles. The van der Waals surface area contributed by atoms with E-state index >= 15 is 0 Å². The van der Waals surface area contributed by atoms with Crippen molar-refractivity contribution < 1.29 is 4.79 Å². The predicted molar refractivity (Wildman–Crippen MR) is 74.7 cm³/mol. The van der Waals surface area contributed by atoms with Gasteiger partial charge in [-0.2, -0.15) is 9.78 Å². The first-order valence-electron chi connectivity index (χ1n) is 6.10. The predicted octanol–water partition coefficient (Wildman–Crippen LogP) is 1.65. The Bertz CT molecular complexity index is 740. The molecule has 0 bridgehead atoms. The number of anilines is 1. The van der Waals surface area contributed by atoms with Crippen LogP contribution in [0.1, 0.15) is 16.1 Å². The van der Waals surface area contributed by atoms with E-state index in [9.17, 15) is 4.79 Å². The van der Waals surface area contributed by atoms with Crippen LogP contribution in [0.4, 0.5) is 5.82 Å². The molecule has 0 aliphatic rings. The van der Waals surface area contributed by atoms with E-state index in [0.717, 1.165) is 5.69 Å². The van der Waals surface area contributed by atoms with E-state index in [4.69, 9.17) is 5.73 Å². The van der Waals surface area contributed by atoms with Gasteiger partial charge in [-0.1, -0.05) is 0 Å². The van der Waals surface area contributed by atoms with Gasteiger partial charge in [-0.15, -0.1) is 0 Å². The van der Waals surface area contributed by atoms with Crippen molar-refractivity contribution in [3.63, 3.8) is 0 Å². The second-order valence-corrected chi connectivity index (χ2v) is 4.44. The monoisotopic (exact) mass is 267 g/mol. The molecule has 0 atom stereocenters.